The normalized spacial score (nSPS) is 12.0. The number of hydrogen-bond acceptors (Lipinski definition) is 10. The van der Waals surface area contributed by atoms with Crippen LogP contribution < -0.4 is 28.7 Å². The number of nitrogens with two attached hydrogens (primary N) is 5. The summed E-state index contributed by atoms with van der Waals surface area (Å²) in [5.41, 5.74) is 34.6. The first-order chi connectivity index (χ1) is 29.2. The van der Waals surface area contributed by atoms with Crippen LogP contribution in [0.1, 0.15) is 0 Å². The maximum atomic E-state index is 6.18. The summed E-state index contributed by atoms with van der Waals surface area (Å²) < 4.78 is 0. The molecule has 0 aliphatic carbocycles. The molecule has 5 nitrogen and oxygen atoms in total. The van der Waals surface area contributed by atoms with E-state index in [2.05, 4.69) is 91.0 Å². The largest absolute Gasteiger partial charge is 0.399 e. The van der Waals surface area contributed by atoms with Gasteiger partial charge in [0.05, 0.1) is 0 Å². The lowest BCUT2D eigenvalue weighted by Crippen LogP contribution is -1.88. The third kappa shape index (κ3) is 6.60. The molecule has 0 saturated carbocycles. The Hall–Kier alpha value is -5.75. The molecule has 0 atom stereocenters. The number of nitrogen functional groups attached to an aromatic ring is 5. The van der Waals surface area contributed by atoms with Gasteiger partial charge in [-0.1, -0.05) is 58.8 Å². The molecule has 10 N–H and O–H groups in total. The first kappa shape index (κ1) is 37.3. The van der Waals surface area contributed by atoms with Crippen molar-refractivity contribution in [1.82, 2.24) is 0 Å². The Morgan fingerprint density at radius 2 is 0.367 bits per heavy atom. The lowest BCUT2D eigenvalue weighted by Gasteiger charge is -2.16. The monoisotopic (exact) mass is 865 g/mol. The molecule has 0 aliphatic heterocycles. The minimum absolute atomic E-state index is 0.747. The van der Waals surface area contributed by atoms with E-state index in [0.29, 0.717) is 0 Å². The molecule has 0 amide bonds. The molecule has 0 aromatic heterocycles. The molecule has 0 aliphatic rings. The van der Waals surface area contributed by atoms with Gasteiger partial charge in [-0.05, 0) is 206 Å². The van der Waals surface area contributed by atoms with Gasteiger partial charge in [0.25, 0.3) is 0 Å². The summed E-state index contributed by atoms with van der Waals surface area (Å²) >= 11 is 8.93. The maximum Gasteiger partial charge on any atom is 0.0314 e. The molecule has 0 bridgehead atoms. The van der Waals surface area contributed by atoms with Crippen molar-refractivity contribution in [1.29, 1.82) is 0 Å². The van der Waals surface area contributed by atoms with Crippen molar-refractivity contribution in [2.24, 2.45) is 0 Å². The Morgan fingerprint density at radius 1 is 0.217 bits per heavy atom. The van der Waals surface area contributed by atoms with Crippen LogP contribution in [0, 0.1) is 0 Å². The van der Waals surface area contributed by atoms with E-state index in [9.17, 15) is 0 Å². The first-order valence-electron chi connectivity index (χ1n) is 19.2. The fourth-order valence-corrected chi connectivity index (χ4v) is 13.0. The molecule has 290 valence electrons. The van der Waals surface area contributed by atoms with E-state index in [0.717, 1.165) is 52.9 Å². The molecule has 0 heterocycles. The highest BCUT2D eigenvalue weighted by Gasteiger charge is 2.29. The van der Waals surface area contributed by atoms with Gasteiger partial charge < -0.3 is 28.7 Å². The minimum Gasteiger partial charge on any atom is -0.399 e. The highest BCUT2D eigenvalue weighted by atomic mass is 32.2. The Balaban J connectivity index is 1.27. The van der Waals surface area contributed by atoms with Crippen LogP contribution >= 0.6 is 58.8 Å². The summed E-state index contributed by atoms with van der Waals surface area (Å²) in [6.07, 6.45) is 0. The number of rotatable bonds is 10. The van der Waals surface area contributed by atoms with Crippen molar-refractivity contribution in [2.75, 3.05) is 28.7 Å². The molecule has 10 heteroatoms. The molecule has 0 fully saturated rings. The standard InChI is InChI=1S/C50H35N5S5/c51-26-1-11-31(12-2-26)56-41-21-37-43(58-33-15-5-28(53)6-16-33)23-39-45(60-35-19-9-30(55)10-20-35)25-40-44(59-34-17-7-29(54)8-18-34)24-38-42(57-32-13-3-27(52)4-14-32)22-36(41)46-47(37)49(39)50(40)48(38)46/h1-25H,51-55H2. The zero-order valence-corrected chi connectivity index (χ0v) is 35.9. The van der Waals surface area contributed by atoms with Crippen LogP contribution in [-0.2, 0) is 0 Å². The van der Waals surface area contributed by atoms with Gasteiger partial charge in [-0.3, -0.25) is 0 Å². The van der Waals surface area contributed by atoms with Crippen molar-refractivity contribution >= 4 is 141 Å². The summed E-state index contributed by atoms with van der Waals surface area (Å²) in [6.45, 7) is 0. The van der Waals surface area contributed by atoms with Crippen molar-refractivity contribution < 1.29 is 0 Å². The van der Waals surface area contributed by atoms with E-state index >= 15 is 0 Å². The van der Waals surface area contributed by atoms with E-state index in [-0.39, 0.29) is 0 Å². The summed E-state index contributed by atoms with van der Waals surface area (Å²) in [5.74, 6) is 0. The van der Waals surface area contributed by atoms with Gasteiger partial charge >= 0.3 is 0 Å². The summed E-state index contributed by atoms with van der Waals surface area (Å²) in [5, 5.41) is 12.6. The highest BCUT2D eigenvalue weighted by molar-refractivity contribution is 8.01. The zero-order valence-electron chi connectivity index (χ0n) is 31.9. The average molecular weight is 866 g/mol. The predicted molar refractivity (Wildman–Crippen MR) is 262 cm³/mol. The van der Waals surface area contributed by atoms with E-state index < -0.39 is 0 Å². The van der Waals surface area contributed by atoms with Gasteiger partial charge in [-0.25, -0.2) is 0 Å². The second-order valence-corrected chi connectivity index (χ2v) is 20.4. The zero-order chi connectivity index (χ0) is 40.6. The van der Waals surface area contributed by atoms with Crippen LogP contribution in [0.5, 0.6) is 0 Å². The molecule has 11 aromatic rings. The van der Waals surface area contributed by atoms with E-state index in [1.807, 2.05) is 60.7 Å². The number of benzene rings is 10. The smallest absolute Gasteiger partial charge is 0.0314 e. The van der Waals surface area contributed by atoms with Crippen LogP contribution in [0.15, 0.2) is 201 Å². The van der Waals surface area contributed by atoms with Gasteiger partial charge in [0.1, 0.15) is 0 Å². The van der Waals surface area contributed by atoms with Crippen LogP contribution in [0.2, 0.25) is 0 Å². The Bertz CT molecular complexity index is 2800. The molecular weight excluding hydrogens is 831 g/mol. The molecule has 0 saturated heterocycles. The van der Waals surface area contributed by atoms with Crippen molar-refractivity contribution in [3.63, 3.8) is 0 Å². The lowest BCUT2D eigenvalue weighted by molar-refractivity contribution is 1.42. The molecule has 60 heavy (non-hydrogen) atoms. The SMILES string of the molecule is Nc1ccc(Sc2cc3c(Sc4ccc(N)cc4)cc4c(Sc5ccc(N)cc5)cc5c(Sc6ccc(N)cc6)cc6c(Sc7ccc(N)cc7)cc2c2c6c5c4c32)cc1. The fourth-order valence-electron chi connectivity index (χ4n) is 8.08. The second-order valence-electron chi connectivity index (χ2n) is 14.8. The highest BCUT2D eigenvalue weighted by Crippen LogP contribution is 2.58. The van der Waals surface area contributed by atoms with Crippen molar-refractivity contribution in [2.45, 2.75) is 49.0 Å². The predicted octanol–water partition coefficient (Wildman–Crippen LogP) is 14.4. The van der Waals surface area contributed by atoms with E-state index in [4.69, 9.17) is 28.7 Å². The van der Waals surface area contributed by atoms with Gasteiger partial charge in [-0.15, -0.1) is 0 Å². The van der Waals surface area contributed by atoms with E-state index in [1.54, 1.807) is 58.8 Å². The third-order valence-corrected chi connectivity index (χ3v) is 16.2. The van der Waals surface area contributed by atoms with Crippen molar-refractivity contribution in [3.05, 3.63) is 152 Å². The molecule has 0 unspecified atom stereocenters. The van der Waals surface area contributed by atoms with Gasteiger partial charge in [-0.2, -0.15) is 0 Å². The molecule has 0 spiro atoms. The first-order valence-corrected chi connectivity index (χ1v) is 23.3. The Kier molecular flexibility index (Phi) is 9.17. The second kappa shape index (κ2) is 14.8. The molecular formula is C50H35N5S5. The van der Waals surface area contributed by atoms with Crippen LogP contribution in [0.3, 0.4) is 0 Å². The van der Waals surface area contributed by atoms with Crippen LogP contribution in [-0.4, -0.2) is 0 Å². The van der Waals surface area contributed by atoms with Crippen LogP contribution in [0.25, 0.3) is 53.9 Å². The van der Waals surface area contributed by atoms with Crippen molar-refractivity contribution in [3.8, 4) is 0 Å². The number of hydrogen-bond donors (Lipinski definition) is 5. The number of anilines is 5. The fraction of sp³-hybridized carbons (Fsp3) is 0. The van der Waals surface area contributed by atoms with Gasteiger partial charge in [0.15, 0.2) is 0 Å². The lowest BCUT2D eigenvalue weighted by atomic mass is 9.99. The van der Waals surface area contributed by atoms with Gasteiger partial charge in [0, 0.05) is 77.4 Å². The molecule has 11 aromatic carbocycles. The maximum absolute atomic E-state index is 6.18. The average Bonchev–Trinajstić information content (AvgIpc) is 3.61. The summed E-state index contributed by atoms with van der Waals surface area (Å²) in [4.78, 5) is 11.6. The molecule has 0 radical (unpaired) electrons. The van der Waals surface area contributed by atoms with Gasteiger partial charge in [0.2, 0.25) is 0 Å². The summed E-state index contributed by atoms with van der Waals surface area (Å²) in [6, 6.07) is 53.0. The quantitative estimate of drug-likeness (QED) is 0.0669. The third-order valence-electron chi connectivity index (χ3n) is 10.8. The van der Waals surface area contributed by atoms with Crippen LogP contribution in [0.4, 0.5) is 28.4 Å². The summed E-state index contributed by atoms with van der Waals surface area (Å²) in [7, 11) is 0. The topological polar surface area (TPSA) is 130 Å². The van der Waals surface area contributed by atoms with E-state index in [1.165, 1.54) is 78.3 Å². The minimum atomic E-state index is 0.747. The molecule has 11 rings (SSSR count). The Morgan fingerprint density at radius 3 is 0.517 bits per heavy atom. The Labute approximate surface area is 367 Å².